The van der Waals surface area contributed by atoms with E-state index in [0.29, 0.717) is 11.4 Å². The summed E-state index contributed by atoms with van der Waals surface area (Å²) >= 11 is 0. The first-order valence-electron chi connectivity index (χ1n) is 11.1. The molecule has 164 valence electrons. The summed E-state index contributed by atoms with van der Waals surface area (Å²) in [6.07, 6.45) is 1.74. The van der Waals surface area contributed by atoms with Crippen LogP contribution >= 0.6 is 0 Å². The third kappa shape index (κ3) is 3.63. The van der Waals surface area contributed by atoms with Gasteiger partial charge in [-0.3, -0.25) is 4.79 Å². The van der Waals surface area contributed by atoms with Gasteiger partial charge in [0.15, 0.2) is 0 Å². The van der Waals surface area contributed by atoms with E-state index in [0.717, 1.165) is 17.8 Å². The van der Waals surface area contributed by atoms with E-state index >= 15 is 0 Å². The molecule has 1 unspecified atom stereocenters. The number of nitrogens with zero attached hydrogens (tertiary/aromatic N) is 5. The molecule has 1 aliphatic rings. The molecule has 2 heterocycles. The number of aromatic nitrogens is 1. The maximum Gasteiger partial charge on any atom is 0.262 e. The average molecular weight is 436 g/mol. The molecule has 0 spiro atoms. The summed E-state index contributed by atoms with van der Waals surface area (Å²) in [5.74, 6) is -0.601. The second-order valence-corrected chi connectivity index (χ2v) is 8.18. The zero-order valence-electron chi connectivity index (χ0n) is 18.9. The van der Waals surface area contributed by atoms with Crippen LogP contribution in [0.2, 0.25) is 0 Å². The van der Waals surface area contributed by atoms with E-state index in [-0.39, 0.29) is 5.91 Å². The minimum Gasteiger partial charge on any atom is -0.341 e. The number of amides is 1. The van der Waals surface area contributed by atoms with E-state index in [1.54, 1.807) is 6.21 Å². The molecular weight excluding hydrogens is 410 g/mol. The molecular formula is C27H25N5O. The van der Waals surface area contributed by atoms with Gasteiger partial charge in [-0.05, 0) is 56.7 Å². The third-order valence-corrected chi connectivity index (χ3v) is 6.08. The van der Waals surface area contributed by atoms with Gasteiger partial charge in [0.1, 0.15) is 5.92 Å². The van der Waals surface area contributed by atoms with Crippen LogP contribution in [0.1, 0.15) is 26.3 Å². The van der Waals surface area contributed by atoms with Gasteiger partial charge in [0, 0.05) is 28.4 Å². The van der Waals surface area contributed by atoms with Crippen molar-refractivity contribution >= 4 is 51.0 Å². The Balaban J connectivity index is 1.41. The quantitative estimate of drug-likeness (QED) is 0.295. The Morgan fingerprint density at radius 3 is 2.52 bits per heavy atom. The molecule has 1 aromatic heterocycles. The number of hydrazone groups is 1. The van der Waals surface area contributed by atoms with E-state index in [9.17, 15) is 4.79 Å². The van der Waals surface area contributed by atoms with Crippen LogP contribution in [0.3, 0.4) is 0 Å². The summed E-state index contributed by atoms with van der Waals surface area (Å²) in [6.45, 7) is 6.75. The largest absolute Gasteiger partial charge is 0.341 e. The van der Waals surface area contributed by atoms with Gasteiger partial charge in [0.2, 0.25) is 0 Å². The molecule has 0 fully saturated rings. The van der Waals surface area contributed by atoms with Gasteiger partial charge in [0.05, 0.1) is 23.3 Å². The lowest BCUT2D eigenvalue weighted by molar-refractivity contribution is -0.118. The van der Waals surface area contributed by atoms with Gasteiger partial charge in [0.25, 0.3) is 5.91 Å². The van der Waals surface area contributed by atoms with Crippen molar-refractivity contribution in [1.29, 1.82) is 0 Å². The van der Waals surface area contributed by atoms with Gasteiger partial charge >= 0.3 is 0 Å². The Labute approximate surface area is 192 Å². The maximum atomic E-state index is 13.0. The summed E-state index contributed by atoms with van der Waals surface area (Å²) in [7, 11) is 0. The van der Waals surface area contributed by atoms with Crippen molar-refractivity contribution < 1.29 is 4.79 Å². The lowest BCUT2D eigenvalue weighted by atomic mass is 9.99. The summed E-state index contributed by atoms with van der Waals surface area (Å²) in [4.78, 5) is 13.0. The van der Waals surface area contributed by atoms with Crippen molar-refractivity contribution in [1.82, 2.24) is 4.57 Å². The highest BCUT2D eigenvalue weighted by Crippen LogP contribution is 2.29. The van der Waals surface area contributed by atoms with Crippen molar-refractivity contribution in [3.8, 4) is 0 Å². The van der Waals surface area contributed by atoms with Crippen molar-refractivity contribution in [2.75, 3.05) is 5.01 Å². The number of carbonyl (C=O) groups is 1. The molecule has 0 saturated carbocycles. The second kappa shape index (κ2) is 8.47. The van der Waals surface area contributed by atoms with Crippen molar-refractivity contribution in [3.63, 3.8) is 0 Å². The van der Waals surface area contributed by atoms with E-state index in [4.69, 9.17) is 0 Å². The fourth-order valence-electron chi connectivity index (χ4n) is 4.54. The molecule has 3 aromatic carbocycles. The highest BCUT2D eigenvalue weighted by Gasteiger charge is 2.36. The highest BCUT2D eigenvalue weighted by molar-refractivity contribution is 6.27. The molecule has 0 saturated heterocycles. The fraction of sp³-hybridized carbons (Fsp3) is 0.185. The number of carbonyl (C=O) groups excluding carboxylic acids is 1. The number of fused-ring (bicyclic) bond motifs is 3. The number of aryl methyl sites for hydroxylation is 1. The molecule has 4 aromatic rings. The fourth-order valence-corrected chi connectivity index (χ4v) is 4.54. The van der Waals surface area contributed by atoms with Crippen molar-refractivity contribution in [2.45, 2.75) is 27.3 Å². The Kier molecular flexibility index (Phi) is 5.34. The Hall–Kier alpha value is -4.06. The van der Waals surface area contributed by atoms with E-state index in [1.165, 1.54) is 26.8 Å². The average Bonchev–Trinajstić information content (AvgIpc) is 3.32. The van der Waals surface area contributed by atoms with E-state index in [2.05, 4.69) is 63.2 Å². The lowest BCUT2D eigenvalue weighted by Gasteiger charge is -2.13. The molecule has 5 rings (SSSR count). The van der Waals surface area contributed by atoms with Crippen LogP contribution in [0.5, 0.6) is 0 Å². The molecule has 1 aliphatic heterocycles. The standard InChI is InChI=1S/C27H25N5O/c1-4-31-24-13-9-8-12-22(24)23-16-20(14-15-25(23)31)17-28-29-18(2)26-19(3)30-32(27(26)33)21-10-6-5-7-11-21/h5-17,26H,4H2,1-3H3/b28-17+,29-18+. The summed E-state index contributed by atoms with van der Waals surface area (Å²) in [5, 5.41) is 17.0. The molecule has 0 bridgehead atoms. The van der Waals surface area contributed by atoms with Crippen LogP contribution < -0.4 is 5.01 Å². The zero-order chi connectivity index (χ0) is 22.9. The normalized spacial score (nSPS) is 17.0. The van der Waals surface area contributed by atoms with Crippen LogP contribution in [0.15, 0.2) is 88.1 Å². The van der Waals surface area contributed by atoms with E-state index < -0.39 is 5.92 Å². The van der Waals surface area contributed by atoms with Crippen LogP contribution in [0.4, 0.5) is 5.69 Å². The first-order chi connectivity index (χ1) is 16.1. The number of para-hydroxylation sites is 2. The first-order valence-corrected chi connectivity index (χ1v) is 11.1. The number of hydrogen-bond acceptors (Lipinski definition) is 4. The predicted octanol–water partition coefficient (Wildman–Crippen LogP) is 5.65. The third-order valence-electron chi connectivity index (χ3n) is 6.08. The minimum atomic E-state index is -0.493. The van der Waals surface area contributed by atoms with Gasteiger partial charge < -0.3 is 4.57 Å². The van der Waals surface area contributed by atoms with Crippen LogP contribution in [0, 0.1) is 5.92 Å². The van der Waals surface area contributed by atoms with Crippen LogP contribution in [-0.2, 0) is 11.3 Å². The molecule has 0 N–H and O–H groups in total. The molecule has 1 amide bonds. The predicted molar refractivity (Wildman–Crippen MR) is 136 cm³/mol. The van der Waals surface area contributed by atoms with E-state index in [1.807, 2.05) is 50.2 Å². The van der Waals surface area contributed by atoms with Gasteiger partial charge in [-0.15, -0.1) is 0 Å². The molecule has 6 nitrogen and oxygen atoms in total. The van der Waals surface area contributed by atoms with Gasteiger partial charge in [-0.1, -0.05) is 42.5 Å². The lowest BCUT2D eigenvalue weighted by Crippen LogP contribution is -2.31. The van der Waals surface area contributed by atoms with Crippen molar-refractivity contribution in [3.05, 3.63) is 78.4 Å². The Morgan fingerprint density at radius 2 is 1.73 bits per heavy atom. The number of rotatable bonds is 5. The number of benzene rings is 3. The molecule has 6 heteroatoms. The summed E-state index contributed by atoms with van der Waals surface area (Å²) in [6, 6.07) is 24.2. The monoisotopic (exact) mass is 435 g/mol. The first kappa shape index (κ1) is 20.8. The number of anilines is 1. The van der Waals surface area contributed by atoms with Crippen LogP contribution in [-0.4, -0.2) is 28.1 Å². The maximum absolute atomic E-state index is 13.0. The van der Waals surface area contributed by atoms with Crippen molar-refractivity contribution in [2.24, 2.45) is 21.2 Å². The minimum absolute atomic E-state index is 0.107. The Bertz CT molecular complexity index is 1450. The SMILES string of the molecule is CCn1c2ccccc2c2cc(/C=N/N=C(\C)C3C(=O)N(c4ccccc4)N=C3C)ccc21. The van der Waals surface area contributed by atoms with Gasteiger partial charge in [-0.2, -0.15) is 20.3 Å². The summed E-state index contributed by atoms with van der Waals surface area (Å²) < 4.78 is 2.32. The molecule has 1 atom stereocenters. The Morgan fingerprint density at radius 1 is 1.00 bits per heavy atom. The van der Waals surface area contributed by atoms with Crippen LogP contribution in [0.25, 0.3) is 21.8 Å². The highest BCUT2D eigenvalue weighted by atomic mass is 16.2. The van der Waals surface area contributed by atoms with Gasteiger partial charge in [-0.25, -0.2) is 0 Å². The molecule has 33 heavy (non-hydrogen) atoms. The smallest absolute Gasteiger partial charge is 0.262 e. The second-order valence-electron chi connectivity index (χ2n) is 8.18. The topological polar surface area (TPSA) is 62.3 Å². The zero-order valence-corrected chi connectivity index (χ0v) is 18.9. The number of hydrogen-bond donors (Lipinski definition) is 0. The molecule has 0 radical (unpaired) electrons. The summed E-state index contributed by atoms with van der Waals surface area (Å²) in [5.41, 5.74) is 5.50. The molecule has 0 aliphatic carbocycles.